The summed E-state index contributed by atoms with van der Waals surface area (Å²) in [6.45, 7) is 0. The molecule has 0 amide bonds. The molecule has 0 heterocycles. The molecule has 0 radical (unpaired) electrons. The lowest BCUT2D eigenvalue weighted by atomic mass is 10.1. The molecule has 0 bridgehead atoms. The van der Waals surface area contributed by atoms with Crippen molar-refractivity contribution >= 4 is 5.97 Å². The molecule has 3 rings (SSSR count). The highest BCUT2D eigenvalue weighted by atomic mass is 16.5. The first-order chi connectivity index (χ1) is 13.1. The van der Waals surface area contributed by atoms with Crippen LogP contribution in [0.3, 0.4) is 0 Å². The molecular formula is C22H20O5. The summed E-state index contributed by atoms with van der Waals surface area (Å²) in [6, 6.07) is 20.6. The zero-order chi connectivity index (χ0) is 19.2. The quantitative estimate of drug-likeness (QED) is 0.653. The number of carboxylic acid groups (broad SMARTS) is 1. The predicted octanol–water partition coefficient (Wildman–Crippen LogP) is 4.79. The lowest BCUT2D eigenvalue weighted by Gasteiger charge is -2.11. The molecule has 0 aliphatic rings. The second-order valence-corrected chi connectivity index (χ2v) is 5.95. The Balaban J connectivity index is 1.86. The van der Waals surface area contributed by atoms with Gasteiger partial charge < -0.3 is 19.3 Å². The van der Waals surface area contributed by atoms with E-state index in [-0.39, 0.29) is 6.42 Å². The van der Waals surface area contributed by atoms with Gasteiger partial charge in [-0.25, -0.2) is 0 Å². The Labute approximate surface area is 157 Å². The summed E-state index contributed by atoms with van der Waals surface area (Å²) >= 11 is 0. The van der Waals surface area contributed by atoms with Crippen LogP contribution in [-0.2, 0) is 11.2 Å². The van der Waals surface area contributed by atoms with Crippen LogP contribution in [0.4, 0.5) is 0 Å². The zero-order valence-corrected chi connectivity index (χ0v) is 15.1. The lowest BCUT2D eigenvalue weighted by molar-refractivity contribution is -0.136. The van der Waals surface area contributed by atoms with E-state index in [1.54, 1.807) is 25.3 Å². The van der Waals surface area contributed by atoms with Crippen LogP contribution >= 0.6 is 0 Å². The summed E-state index contributed by atoms with van der Waals surface area (Å²) in [5.41, 5.74) is 2.66. The van der Waals surface area contributed by atoms with Gasteiger partial charge in [-0.15, -0.1) is 0 Å². The van der Waals surface area contributed by atoms with Crippen molar-refractivity contribution in [2.24, 2.45) is 0 Å². The maximum atomic E-state index is 11.0. The van der Waals surface area contributed by atoms with Crippen LogP contribution in [0.5, 0.6) is 23.0 Å². The smallest absolute Gasteiger partial charge is 0.307 e. The molecule has 0 atom stereocenters. The Bertz CT molecular complexity index is 932. The first-order valence-corrected chi connectivity index (χ1v) is 8.39. The van der Waals surface area contributed by atoms with Crippen molar-refractivity contribution in [3.8, 4) is 34.1 Å². The third-order valence-corrected chi connectivity index (χ3v) is 4.02. The van der Waals surface area contributed by atoms with Crippen molar-refractivity contribution in [2.45, 2.75) is 6.42 Å². The summed E-state index contributed by atoms with van der Waals surface area (Å²) in [5.74, 6) is 1.62. The van der Waals surface area contributed by atoms with Crippen molar-refractivity contribution in [2.75, 3.05) is 14.2 Å². The lowest BCUT2D eigenvalue weighted by Crippen LogP contribution is -2.00. The Morgan fingerprint density at radius 3 is 2.15 bits per heavy atom. The number of rotatable bonds is 7. The van der Waals surface area contributed by atoms with Gasteiger partial charge in [0.1, 0.15) is 23.0 Å². The molecule has 0 aliphatic heterocycles. The molecule has 0 fully saturated rings. The summed E-state index contributed by atoms with van der Waals surface area (Å²) in [5, 5.41) is 9.02. The number of ether oxygens (including phenoxy) is 3. The van der Waals surface area contributed by atoms with E-state index in [0.717, 1.165) is 16.9 Å². The standard InChI is InChI=1S/C22H20O5/c1-25-18-8-6-16(7-9-18)17-4-3-5-19(13-17)27-21-11-15(12-22(23)24)10-20(14-21)26-2/h3-11,13-14H,12H2,1-2H3,(H,23,24). The van der Waals surface area contributed by atoms with E-state index in [1.807, 2.05) is 48.5 Å². The Kier molecular flexibility index (Phi) is 5.61. The Morgan fingerprint density at radius 1 is 0.778 bits per heavy atom. The van der Waals surface area contributed by atoms with Crippen LogP contribution in [0.25, 0.3) is 11.1 Å². The van der Waals surface area contributed by atoms with Gasteiger partial charge >= 0.3 is 5.97 Å². The molecule has 0 aromatic heterocycles. The highest BCUT2D eigenvalue weighted by Gasteiger charge is 2.08. The molecule has 138 valence electrons. The number of carbonyl (C=O) groups is 1. The number of hydrogen-bond acceptors (Lipinski definition) is 4. The van der Waals surface area contributed by atoms with E-state index in [2.05, 4.69) is 0 Å². The van der Waals surface area contributed by atoms with Crippen molar-refractivity contribution in [3.05, 3.63) is 72.3 Å². The molecule has 0 aliphatic carbocycles. The van der Waals surface area contributed by atoms with E-state index in [4.69, 9.17) is 19.3 Å². The van der Waals surface area contributed by atoms with Gasteiger partial charge in [-0.1, -0.05) is 24.3 Å². The Hall–Kier alpha value is -3.47. The zero-order valence-electron chi connectivity index (χ0n) is 15.1. The van der Waals surface area contributed by atoms with E-state index in [1.165, 1.54) is 7.11 Å². The summed E-state index contributed by atoms with van der Waals surface area (Å²) in [7, 11) is 3.17. The summed E-state index contributed by atoms with van der Waals surface area (Å²) in [4.78, 5) is 11.0. The van der Waals surface area contributed by atoms with E-state index < -0.39 is 5.97 Å². The molecule has 27 heavy (non-hydrogen) atoms. The number of aliphatic carboxylic acids is 1. The van der Waals surface area contributed by atoms with Crippen molar-refractivity contribution in [1.82, 2.24) is 0 Å². The first kappa shape index (κ1) is 18.3. The average Bonchev–Trinajstić information content (AvgIpc) is 2.67. The topological polar surface area (TPSA) is 65.0 Å². The highest BCUT2D eigenvalue weighted by molar-refractivity contribution is 5.71. The SMILES string of the molecule is COc1ccc(-c2cccc(Oc3cc(CC(=O)O)cc(OC)c3)c2)cc1. The minimum Gasteiger partial charge on any atom is -0.497 e. The average molecular weight is 364 g/mol. The first-order valence-electron chi connectivity index (χ1n) is 8.39. The molecule has 1 N–H and O–H groups in total. The second kappa shape index (κ2) is 8.27. The van der Waals surface area contributed by atoms with Gasteiger partial charge in [-0.3, -0.25) is 4.79 Å². The van der Waals surface area contributed by atoms with Gasteiger partial charge in [-0.2, -0.15) is 0 Å². The van der Waals surface area contributed by atoms with Crippen molar-refractivity contribution < 1.29 is 24.1 Å². The fourth-order valence-electron chi connectivity index (χ4n) is 2.74. The molecular weight excluding hydrogens is 344 g/mol. The molecule has 0 unspecified atom stereocenters. The number of benzene rings is 3. The minimum atomic E-state index is -0.907. The van der Waals surface area contributed by atoms with Crippen LogP contribution in [0, 0.1) is 0 Å². The number of hydrogen-bond donors (Lipinski definition) is 1. The Morgan fingerprint density at radius 2 is 1.48 bits per heavy atom. The van der Waals surface area contributed by atoms with E-state index >= 15 is 0 Å². The molecule has 5 heteroatoms. The summed E-state index contributed by atoms with van der Waals surface area (Å²) < 4.78 is 16.4. The maximum Gasteiger partial charge on any atom is 0.307 e. The molecule has 3 aromatic rings. The molecule has 3 aromatic carbocycles. The van der Waals surface area contributed by atoms with E-state index in [0.29, 0.717) is 22.8 Å². The summed E-state index contributed by atoms with van der Waals surface area (Å²) in [6.07, 6.45) is -0.0978. The fraction of sp³-hybridized carbons (Fsp3) is 0.136. The predicted molar refractivity (Wildman–Crippen MR) is 103 cm³/mol. The third kappa shape index (κ3) is 4.79. The van der Waals surface area contributed by atoms with Gasteiger partial charge in [-0.05, 0) is 53.1 Å². The second-order valence-electron chi connectivity index (χ2n) is 5.95. The number of carboxylic acids is 1. The van der Waals surface area contributed by atoms with Crippen molar-refractivity contribution in [1.29, 1.82) is 0 Å². The van der Waals surface area contributed by atoms with E-state index in [9.17, 15) is 4.79 Å². The normalized spacial score (nSPS) is 10.3. The number of methoxy groups -OCH3 is 2. The van der Waals surface area contributed by atoms with Gasteiger partial charge in [0.25, 0.3) is 0 Å². The van der Waals surface area contributed by atoms with Crippen LogP contribution in [-0.4, -0.2) is 25.3 Å². The highest BCUT2D eigenvalue weighted by Crippen LogP contribution is 2.31. The van der Waals surface area contributed by atoms with Gasteiger partial charge in [0, 0.05) is 6.07 Å². The van der Waals surface area contributed by atoms with Crippen LogP contribution in [0.15, 0.2) is 66.7 Å². The van der Waals surface area contributed by atoms with Gasteiger partial charge in [0.15, 0.2) is 0 Å². The maximum absolute atomic E-state index is 11.0. The fourth-order valence-corrected chi connectivity index (χ4v) is 2.74. The van der Waals surface area contributed by atoms with Crippen molar-refractivity contribution in [3.63, 3.8) is 0 Å². The third-order valence-electron chi connectivity index (χ3n) is 4.02. The molecule has 5 nitrogen and oxygen atoms in total. The molecule has 0 saturated carbocycles. The largest absolute Gasteiger partial charge is 0.497 e. The van der Waals surface area contributed by atoms with Gasteiger partial charge in [0.05, 0.1) is 20.6 Å². The molecule has 0 spiro atoms. The van der Waals surface area contributed by atoms with Crippen LogP contribution in [0.1, 0.15) is 5.56 Å². The van der Waals surface area contributed by atoms with Crippen LogP contribution < -0.4 is 14.2 Å². The van der Waals surface area contributed by atoms with Gasteiger partial charge in [0.2, 0.25) is 0 Å². The molecule has 0 saturated heterocycles. The monoisotopic (exact) mass is 364 g/mol. The minimum absolute atomic E-state index is 0.0978. The van der Waals surface area contributed by atoms with Crippen LogP contribution in [0.2, 0.25) is 0 Å².